The number of nitro groups is 1. The maximum atomic E-state index is 13.2. The molecule has 0 aromatic heterocycles. The fraction of sp³-hybridized carbons (Fsp3) is 0.240. The first kappa shape index (κ1) is 27.7. The summed E-state index contributed by atoms with van der Waals surface area (Å²) in [6.45, 7) is 3.69. The summed E-state index contributed by atoms with van der Waals surface area (Å²) in [5.74, 6) is -0.609. The molecule has 0 saturated carbocycles. The van der Waals surface area contributed by atoms with Crippen molar-refractivity contribution < 1.29 is 35.5 Å². The highest BCUT2D eigenvalue weighted by Gasteiger charge is 2.32. The molecule has 3 aromatic rings. The number of alkyl halides is 3. The van der Waals surface area contributed by atoms with Crippen LogP contribution in [0.3, 0.4) is 0 Å². The van der Waals surface area contributed by atoms with Gasteiger partial charge in [0.05, 0.1) is 10.5 Å². The van der Waals surface area contributed by atoms with E-state index in [1.165, 1.54) is 47.4 Å². The number of carbonyl (C=O) groups is 1. The molecule has 3 aromatic carbocycles. The summed E-state index contributed by atoms with van der Waals surface area (Å²) >= 11 is 0. The lowest BCUT2D eigenvalue weighted by atomic mass is 10.1. The number of non-ortho nitro benzene ring substituents is 1. The smallest absolute Gasteiger partial charge is 0.379 e. The molecule has 37 heavy (non-hydrogen) atoms. The lowest BCUT2D eigenvalue weighted by molar-refractivity contribution is -0.384. The molecule has 1 atom stereocenters. The van der Waals surface area contributed by atoms with Gasteiger partial charge < -0.3 is 9.08 Å². The van der Waals surface area contributed by atoms with E-state index in [1.807, 2.05) is 6.92 Å². The molecule has 12 heteroatoms. The normalized spacial score (nSPS) is 12.6. The molecule has 0 radical (unpaired) electrons. The SMILES string of the molecule is CCC(C)N(Cc1cccc(OS(=O)(=O)c2cccc(C(F)(F)F)c2)c1)C(=O)c1cccc([N+](=O)[O-])c1. The van der Waals surface area contributed by atoms with E-state index in [4.69, 9.17) is 4.18 Å². The van der Waals surface area contributed by atoms with Gasteiger partial charge in [0.15, 0.2) is 0 Å². The molecule has 8 nitrogen and oxygen atoms in total. The average Bonchev–Trinajstić information content (AvgIpc) is 2.86. The van der Waals surface area contributed by atoms with Gasteiger partial charge in [-0.05, 0) is 55.3 Å². The Balaban J connectivity index is 1.86. The monoisotopic (exact) mass is 536 g/mol. The van der Waals surface area contributed by atoms with Gasteiger partial charge in [0, 0.05) is 30.3 Å². The van der Waals surface area contributed by atoms with Gasteiger partial charge in [0.1, 0.15) is 10.6 Å². The number of carbonyl (C=O) groups excluding carboxylic acids is 1. The predicted octanol–water partition coefficient (Wildman–Crippen LogP) is 5.82. The van der Waals surface area contributed by atoms with Crippen LogP contribution in [0, 0.1) is 10.1 Å². The molecule has 0 saturated heterocycles. The standard InChI is InChI=1S/C25H23F3N2O6S/c1-3-17(2)29(24(31)19-8-5-10-21(14-19)30(32)33)16-18-7-4-11-22(13-18)36-37(34,35)23-12-6-9-20(15-23)25(26,27)28/h4-15,17H,3,16H2,1-2H3. The van der Waals surface area contributed by atoms with Gasteiger partial charge in [-0.1, -0.05) is 31.2 Å². The Morgan fingerprint density at radius 3 is 2.38 bits per heavy atom. The number of nitrogens with zero attached hydrogens (tertiary/aromatic N) is 2. The maximum absolute atomic E-state index is 13.2. The van der Waals surface area contributed by atoms with E-state index in [2.05, 4.69) is 0 Å². The van der Waals surface area contributed by atoms with Gasteiger partial charge in [-0.2, -0.15) is 21.6 Å². The number of hydrogen-bond donors (Lipinski definition) is 0. The van der Waals surface area contributed by atoms with Crippen LogP contribution < -0.4 is 4.18 Å². The molecule has 0 aliphatic rings. The Labute approximate surface area is 211 Å². The van der Waals surface area contributed by atoms with Gasteiger partial charge in [-0.15, -0.1) is 0 Å². The molecule has 0 spiro atoms. The van der Waals surface area contributed by atoms with Crippen molar-refractivity contribution in [2.45, 2.75) is 43.9 Å². The molecular weight excluding hydrogens is 513 g/mol. The van der Waals surface area contributed by atoms with E-state index in [0.29, 0.717) is 18.1 Å². The molecular formula is C25H23F3N2O6S. The van der Waals surface area contributed by atoms with Crippen molar-refractivity contribution in [2.24, 2.45) is 0 Å². The summed E-state index contributed by atoms with van der Waals surface area (Å²) < 4.78 is 69.4. The number of hydrogen-bond acceptors (Lipinski definition) is 6. The van der Waals surface area contributed by atoms with Crippen LogP contribution in [0.15, 0.2) is 77.7 Å². The zero-order valence-corrected chi connectivity index (χ0v) is 20.6. The van der Waals surface area contributed by atoms with Gasteiger partial charge in [0.25, 0.3) is 11.6 Å². The fourth-order valence-electron chi connectivity index (χ4n) is 3.46. The van der Waals surface area contributed by atoms with Crippen molar-refractivity contribution in [1.29, 1.82) is 0 Å². The number of nitro benzene ring substituents is 1. The van der Waals surface area contributed by atoms with Gasteiger partial charge in [0.2, 0.25) is 0 Å². The van der Waals surface area contributed by atoms with Crippen LogP contribution in [0.4, 0.5) is 18.9 Å². The van der Waals surface area contributed by atoms with Crippen molar-refractivity contribution >= 4 is 21.7 Å². The van der Waals surface area contributed by atoms with Crippen LogP contribution in [0.5, 0.6) is 5.75 Å². The Morgan fingerprint density at radius 1 is 1.05 bits per heavy atom. The molecule has 0 bridgehead atoms. The van der Waals surface area contributed by atoms with Gasteiger partial charge in [-0.25, -0.2) is 0 Å². The first-order valence-corrected chi connectivity index (χ1v) is 12.5. The molecule has 0 aliphatic heterocycles. The minimum atomic E-state index is -4.73. The van der Waals surface area contributed by atoms with Gasteiger partial charge >= 0.3 is 16.3 Å². The molecule has 1 amide bonds. The first-order chi connectivity index (χ1) is 17.3. The van der Waals surface area contributed by atoms with Crippen molar-refractivity contribution in [3.63, 3.8) is 0 Å². The summed E-state index contributed by atoms with van der Waals surface area (Å²) in [6, 6.07) is 14.1. The van der Waals surface area contributed by atoms with Crippen LogP contribution >= 0.6 is 0 Å². The van der Waals surface area contributed by atoms with Crippen LogP contribution in [-0.2, 0) is 22.8 Å². The van der Waals surface area contributed by atoms with E-state index < -0.39 is 37.6 Å². The summed E-state index contributed by atoms with van der Waals surface area (Å²) in [5, 5.41) is 11.1. The third-order valence-electron chi connectivity index (χ3n) is 5.60. The van der Waals surface area contributed by atoms with Crippen molar-refractivity contribution in [2.75, 3.05) is 0 Å². The molecule has 3 rings (SSSR count). The Morgan fingerprint density at radius 2 is 1.73 bits per heavy atom. The van der Waals surface area contributed by atoms with Crippen molar-refractivity contribution in [3.8, 4) is 5.75 Å². The second-order valence-corrected chi connectivity index (χ2v) is 9.75. The minimum Gasteiger partial charge on any atom is -0.379 e. The average molecular weight is 537 g/mol. The number of halogens is 3. The van der Waals surface area contributed by atoms with Crippen molar-refractivity contribution in [1.82, 2.24) is 4.90 Å². The summed E-state index contributed by atoms with van der Waals surface area (Å²) in [6.07, 6.45) is -4.16. The number of benzene rings is 3. The third kappa shape index (κ3) is 6.85. The fourth-order valence-corrected chi connectivity index (χ4v) is 4.43. The summed E-state index contributed by atoms with van der Waals surface area (Å²) in [7, 11) is -4.58. The molecule has 0 heterocycles. The second-order valence-electron chi connectivity index (χ2n) is 8.21. The van der Waals surface area contributed by atoms with E-state index >= 15 is 0 Å². The zero-order valence-electron chi connectivity index (χ0n) is 19.8. The Hall–Kier alpha value is -3.93. The maximum Gasteiger partial charge on any atom is 0.416 e. The van der Waals surface area contributed by atoms with Crippen LogP contribution in [0.1, 0.15) is 41.8 Å². The largest absolute Gasteiger partial charge is 0.416 e. The molecule has 0 aliphatic carbocycles. The molecule has 0 fully saturated rings. The van der Waals surface area contributed by atoms with Crippen LogP contribution in [0.2, 0.25) is 0 Å². The van der Waals surface area contributed by atoms with Crippen LogP contribution in [-0.4, -0.2) is 30.2 Å². The van der Waals surface area contributed by atoms with Gasteiger partial charge in [-0.3, -0.25) is 14.9 Å². The lowest BCUT2D eigenvalue weighted by Gasteiger charge is -2.29. The highest BCUT2D eigenvalue weighted by atomic mass is 32.2. The predicted molar refractivity (Wildman–Crippen MR) is 128 cm³/mol. The highest BCUT2D eigenvalue weighted by Crippen LogP contribution is 2.31. The second kappa shape index (κ2) is 11.0. The van der Waals surface area contributed by atoms with E-state index in [1.54, 1.807) is 13.0 Å². The Kier molecular flexibility index (Phi) is 8.22. The number of rotatable bonds is 9. The Bertz CT molecular complexity index is 1410. The molecule has 0 N–H and O–H groups in total. The van der Waals surface area contributed by atoms with Crippen molar-refractivity contribution in [3.05, 3.63) is 99.6 Å². The minimum absolute atomic E-state index is 0.0251. The first-order valence-electron chi connectivity index (χ1n) is 11.1. The van der Waals surface area contributed by atoms with E-state index in [0.717, 1.165) is 18.2 Å². The summed E-state index contributed by atoms with van der Waals surface area (Å²) in [5.41, 5.74) is -0.759. The molecule has 196 valence electrons. The van der Waals surface area contributed by atoms with Crippen LogP contribution in [0.25, 0.3) is 0 Å². The highest BCUT2D eigenvalue weighted by molar-refractivity contribution is 7.87. The van der Waals surface area contributed by atoms with E-state index in [-0.39, 0.29) is 29.6 Å². The quantitative estimate of drug-likeness (QED) is 0.194. The lowest BCUT2D eigenvalue weighted by Crippen LogP contribution is -2.37. The zero-order chi connectivity index (χ0) is 27.4. The topological polar surface area (TPSA) is 107 Å². The van der Waals surface area contributed by atoms with E-state index in [9.17, 15) is 36.5 Å². The third-order valence-corrected chi connectivity index (χ3v) is 6.84. The number of amides is 1. The summed E-state index contributed by atoms with van der Waals surface area (Å²) in [4.78, 5) is 24.6. The molecule has 1 unspecified atom stereocenters.